The Balaban J connectivity index is 3.27. The van der Waals surface area contributed by atoms with Crippen molar-refractivity contribution in [2.45, 2.75) is 13.0 Å². The SMILES string of the molecule is OCc1nc(Br)cc(C(F)F)c1Br. The molecule has 1 N–H and O–H groups in total. The molecule has 0 unspecified atom stereocenters. The fourth-order valence-corrected chi connectivity index (χ4v) is 1.79. The summed E-state index contributed by atoms with van der Waals surface area (Å²) in [7, 11) is 0. The highest BCUT2D eigenvalue weighted by Crippen LogP contribution is 2.31. The molecule has 0 aliphatic heterocycles. The molecule has 0 saturated carbocycles. The van der Waals surface area contributed by atoms with E-state index < -0.39 is 6.43 Å². The van der Waals surface area contributed by atoms with Crippen LogP contribution in [0.1, 0.15) is 17.7 Å². The van der Waals surface area contributed by atoms with E-state index in [1.165, 1.54) is 6.07 Å². The number of pyridine rings is 1. The van der Waals surface area contributed by atoms with Gasteiger partial charge in [0.1, 0.15) is 4.60 Å². The van der Waals surface area contributed by atoms with Crippen LogP contribution in [-0.2, 0) is 6.61 Å². The van der Waals surface area contributed by atoms with E-state index >= 15 is 0 Å². The largest absolute Gasteiger partial charge is 0.390 e. The minimum Gasteiger partial charge on any atom is -0.390 e. The molecular weight excluding hydrogens is 312 g/mol. The first-order valence-corrected chi connectivity index (χ1v) is 4.88. The standard InChI is InChI=1S/C7H5Br2F2NO/c8-5-1-3(7(10)11)6(9)4(2-13)12-5/h1,7,13H,2H2. The molecule has 0 aliphatic carbocycles. The van der Waals surface area contributed by atoms with Crippen LogP contribution in [0.3, 0.4) is 0 Å². The van der Waals surface area contributed by atoms with E-state index in [9.17, 15) is 8.78 Å². The van der Waals surface area contributed by atoms with Crippen molar-refractivity contribution < 1.29 is 13.9 Å². The molecule has 0 saturated heterocycles. The molecule has 0 bridgehead atoms. The number of alkyl halides is 2. The lowest BCUT2D eigenvalue weighted by molar-refractivity contribution is 0.150. The highest BCUT2D eigenvalue weighted by molar-refractivity contribution is 9.11. The van der Waals surface area contributed by atoms with Crippen molar-refractivity contribution >= 4 is 31.9 Å². The summed E-state index contributed by atoms with van der Waals surface area (Å²) in [5.41, 5.74) is 0.0237. The molecule has 72 valence electrons. The van der Waals surface area contributed by atoms with Crippen LogP contribution < -0.4 is 0 Å². The monoisotopic (exact) mass is 315 g/mol. The van der Waals surface area contributed by atoms with Crippen molar-refractivity contribution in [3.05, 3.63) is 26.4 Å². The summed E-state index contributed by atoms with van der Waals surface area (Å²) in [6.45, 7) is -0.375. The Hall–Kier alpha value is -0.0700. The van der Waals surface area contributed by atoms with Crippen LogP contribution in [0.4, 0.5) is 8.78 Å². The van der Waals surface area contributed by atoms with Gasteiger partial charge in [0.2, 0.25) is 0 Å². The molecule has 0 fully saturated rings. The number of nitrogens with zero attached hydrogens (tertiary/aromatic N) is 1. The molecule has 0 atom stereocenters. The van der Waals surface area contributed by atoms with Gasteiger partial charge in [0.15, 0.2) is 0 Å². The number of aromatic nitrogens is 1. The molecule has 1 aromatic heterocycles. The van der Waals surface area contributed by atoms with Gasteiger partial charge in [-0.1, -0.05) is 0 Å². The van der Waals surface area contributed by atoms with Crippen molar-refractivity contribution in [1.82, 2.24) is 4.98 Å². The third kappa shape index (κ3) is 2.45. The third-order valence-electron chi connectivity index (χ3n) is 1.41. The number of halogens is 4. The number of aliphatic hydroxyl groups is 1. The minimum absolute atomic E-state index is 0.160. The molecule has 1 aromatic rings. The van der Waals surface area contributed by atoms with Crippen LogP contribution in [0, 0.1) is 0 Å². The fourth-order valence-electron chi connectivity index (χ4n) is 0.832. The molecule has 0 aliphatic rings. The third-order valence-corrected chi connectivity index (χ3v) is 2.73. The van der Waals surface area contributed by atoms with Crippen LogP contribution in [0.25, 0.3) is 0 Å². The number of rotatable bonds is 2. The smallest absolute Gasteiger partial charge is 0.265 e. The second-order valence-corrected chi connectivity index (χ2v) is 3.86. The van der Waals surface area contributed by atoms with Crippen molar-refractivity contribution in [2.24, 2.45) is 0 Å². The predicted molar refractivity (Wildman–Crippen MR) is 50.5 cm³/mol. The van der Waals surface area contributed by atoms with E-state index in [-0.39, 0.29) is 26.9 Å². The summed E-state index contributed by atoms with van der Waals surface area (Å²) in [5.74, 6) is 0. The van der Waals surface area contributed by atoms with Crippen LogP contribution in [0.2, 0.25) is 0 Å². The lowest BCUT2D eigenvalue weighted by Gasteiger charge is -2.07. The highest BCUT2D eigenvalue weighted by Gasteiger charge is 2.16. The maximum absolute atomic E-state index is 12.4. The van der Waals surface area contributed by atoms with Gasteiger partial charge in [-0.25, -0.2) is 13.8 Å². The minimum atomic E-state index is -2.58. The normalized spacial score (nSPS) is 10.9. The average Bonchev–Trinajstić information content (AvgIpc) is 2.08. The maximum atomic E-state index is 12.4. The molecule has 1 heterocycles. The number of hydrogen-bond donors (Lipinski definition) is 1. The van der Waals surface area contributed by atoms with Gasteiger partial charge in [-0.3, -0.25) is 0 Å². The first kappa shape index (κ1) is 11.0. The molecular formula is C7H5Br2F2NO. The summed E-state index contributed by atoms with van der Waals surface area (Å²) < 4.78 is 25.2. The van der Waals surface area contributed by atoms with Crippen LogP contribution >= 0.6 is 31.9 Å². The van der Waals surface area contributed by atoms with Crippen molar-refractivity contribution in [3.63, 3.8) is 0 Å². The van der Waals surface area contributed by atoms with Gasteiger partial charge < -0.3 is 5.11 Å². The van der Waals surface area contributed by atoms with Gasteiger partial charge in [0.05, 0.1) is 16.8 Å². The lowest BCUT2D eigenvalue weighted by Crippen LogP contribution is -1.97. The second-order valence-electron chi connectivity index (χ2n) is 2.25. The van der Waals surface area contributed by atoms with E-state index in [0.29, 0.717) is 0 Å². The van der Waals surface area contributed by atoms with Gasteiger partial charge in [-0.2, -0.15) is 0 Å². The number of hydrogen-bond acceptors (Lipinski definition) is 2. The first-order valence-electron chi connectivity index (χ1n) is 3.30. The van der Waals surface area contributed by atoms with Crippen LogP contribution in [0.15, 0.2) is 15.1 Å². The summed E-state index contributed by atoms with van der Waals surface area (Å²) >= 11 is 5.93. The maximum Gasteiger partial charge on any atom is 0.265 e. The summed E-state index contributed by atoms with van der Waals surface area (Å²) in [5, 5.41) is 8.79. The Kier molecular flexibility index (Phi) is 3.75. The average molecular weight is 317 g/mol. The zero-order chi connectivity index (χ0) is 10.0. The van der Waals surface area contributed by atoms with E-state index in [1.54, 1.807) is 0 Å². The molecule has 2 nitrogen and oxygen atoms in total. The molecule has 0 spiro atoms. The van der Waals surface area contributed by atoms with Crippen LogP contribution in [-0.4, -0.2) is 10.1 Å². The molecule has 0 aromatic carbocycles. The summed E-state index contributed by atoms with van der Waals surface area (Å²) in [4.78, 5) is 3.82. The van der Waals surface area contributed by atoms with Gasteiger partial charge in [-0.15, -0.1) is 0 Å². The van der Waals surface area contributed by atoms with Crippen LogP contribution in [0.5, 0.6) is 0 Å². The van der Waals surface area contributed by atoms with Crippen molar-refractivity contribution in [1.29, 1.82) is 0 Å². The Morgan fingerprint density at radius 3 is 2.54 bits per heavy atom. The molecule has 0 radical (unpaired) electrons. The van der Waals surface area contributed by atoms with Crippen molar-refractivity contribution in [2.75, 3.05) is 0 Å². The highest BCUT2D eigenvalue weighted by atomic mass is 79.9. The lowest BCUT2D eigenvalue weighted by atomic mass is 10.2. The molecule has 1 rings (SSSR count). The Morgan fingerprint density at radius 2 is 2.08 bits per heavy atom. The quantitative estimate of drug-likeness (QED) is 0.851. The first-order chi connectivity index (χ1) is 6.06. The summed E-state index contributed by atoms with van der Waals surface area (Å²) in [6, 6.07) is 1.22. The van der Waals surface area contributed by atoms with Gasteiger partial charge in [0, 0.05) is 5.56 Å². The molecule has 0 amide bonds. The fraction of sp³-hybridized carbons (Fsp3) is 0.286. The van der Waals surface area contributed by atoms with Gasteiger partial charge in [0.25, 0.3) is 6.43 Å². The predicted octanol–water partition coefficient (Wildman–Crippen LogP) is 3.04. The molecule has 13 heavy (non-hydrogen) atoms. The number of aliphatic hydroxyl groups excluding tert-OH is 1. The van der Waals surface area contributed by atoms with E-state index in [0.717, 1.165) is 0 Å². The zero-order valence-electron chi connectivity index (χ0n) is 6.27. The van der Waals surface area contributed by atoms with Crippen molar-refractivity contribution in [3.8, 4) is 0 Å². The van der Waals surface area contributed by atoms with E-state index in [1.807, 2.05) is 0 Å². The van der Waals surface area contributed by atoms with Gasteiger partial charge in [-0.05, 0) is 37.9 Å². The molecule has 6 heteroatoms. The van der Waals surface area contributed by atoms with Gasteiger partial charge >= 0.3 is 0 Å². The van der Waals surface area contributed by atoms with E-state index in [4.69, 9.17) is 5.11 Å². The van der Waals surface area contributed by atoms with E-state index in [2.05, 4.69) is 36.8 Å². The zero-order valence-corrected chi connectivity index (χ0v) is 9.44. The Labute approximate surface area is 90.2 Å². The second kappa shape index (κ2) is 4.43. The summed E-state index contributed by atoms with van der Waals surface area (Å²) in [6.07, 6.45) is -2.58. The Morgan fingerprint density at radius 1 is 1.46 bits per heavy atom. The topological polar surface area (TPSA) is 33.1 Å². The Bertz CT molecular complexity index is 320.